The highest BCUT2D eigenvalue weighted by Gasteiger charge is 2.29. The zero-order chi connectivity index (χ0) is 25.9. The molecule has 0 saturated carbocycles. The number of carbonyl (C=O) groups excluding carboxylic acids is 1. The number of sulfonamides is 1. The second-order valence-electron chi connectivity index (χ2n) is 7.53. The Morgan fingerprint density at radius 3 is 2.42 bits per heavy atom. The standard InChI is InChI=1S/C24H22ClFN2O7S/c1-32-20-8-5-17(13-22(20)33-2)36(30,31)28(16-4-6-19(26)18(25)12-16)14-24(29)27-15-3-7-21-23(11-15)35-10-9-34-21/h3-8,11-13H,9-10,14H2,1-2H3,(H,27,29). The Bertz CT molecular complexity index is 1400. The number of ether oxygens (including phenoxy) is 4. The van der Waals surface area contributed by atoms with Crippen LogP contribution in [0.3, 0.4) is 0 Å². The molecule has 0 fully saturated rings. The molecule has 3 aromatic rings. The molecular formula is C24H22ClFN2O7S. The Hall–Kier alpha value is -3.70. The highest BCUT2D eigenvalue weighted by Crippen LogP contribution is 2.34. The molecule has 1 aliphatic heterocycles. The maximum absolute atomic E-state index is 13.8. The lowest BCUT2D eigenvalue weighted by atomic mass is 10.2. The summed E-state index contributed by atoms with van der Waals surface area (Å²) in [5.74, 6) is 0.110. The van der Waals surface area contributed by atoms with Crippen molar-refractivity contribution in [3.63, 3.8) is 0 Å². The maximum Gasteiger partial charge on any atom is 0.264 e. The van der Waals surface area contributed by atoms with E-state index >= 15 is 0 Å². The van der Waals surface area contributed by atoms with Crippen LogP contribution in [0.25, 0.3) is 0 Å². The molecule has 1 heterocycles. The fraction of sp³-hybridized carbons (Fsp3) is 0.208. The third kappa shape index (κ3) is 5.26. The van der Waals surface area contributed by atoms with E-state index in [1.54, 1.807) is 18.2 Å². The van der Waals surface area contributed by atoms with Gasteiger partial charge in [0.25, 0.3) is 10.0 Å². The van der Waals surface area contributed by atoms with Crippen LogP contribution in [0.4, 0.5) is 15.8 Å². The molecule has 4 rings (SSSR count). The van der Waals surface area contributed by atoms with Crippen molar-refractivity contribution < 1.29 is 36.6 Å². The fourth-order valence-electron chi connectivity index (χ4n) is 3.51. The van der Waals surface area contributed by atoms with Gasteiger partial charge >= 0.3 is 0 Å². The number of nitrogens with one attached hydrogen (secondary N) is 1. The summed E-state index contributed by atoms with van der Waals surface area (Å²) in [6.45, 7) is 0.155. The molecule has 1 amide bonds. The van der Waals surface area contributed by atoms with E-state index in [2.05, 4.69) is 5.32 Å². The van der Waals surface area contributed by atoms with Crippen molar-refractivity contribution >= 4 is 38.9 Å². The first-order valence-electron chi connectivity index (χ1n) is 10.6. The molecule has 1 N–H and O–H groups in total. The van der Waals surface area contributed by atoms with Crippen LogP contribution in [-0.4, -0.2) is 48.3 Å². The number of methoxy groups -OCH3 is 2. The molecule has 0 atom stereocenters. The van der Waals surface area contributed by atoms with Gasteiger partial charge in [0.15, 0.2) is 23.0 Å². The summed E-state index contributed by atoms with van der Waals surface area (Å²) in [6, 6.07) is 12.2. The van der Waals surface area contributed by atoms with Gasteiger partial charge in [-0.1, -0.05) is 11.6 Å². The molecule has 0 bridgehead atoms. The normalized spacial score (nSPS) is 12.6. The Labute approximate surface area is 212 Å². The summed E-state index contributed by atoms with van der Waals surface area (Å²) in [7, 11) is -1.55. The van der Waals surface area contributed by atoms with E-state index in [4.69, 9.17) is 30.5 Å². The molecular weight excluding hydrogens is 515 g/mol. The van der Waals surface area contributed by atoms with Gasteiger partial charge in [-0.25, -0.2) is 12.8 Å². The van der Waals surface area contributed by atoms with E-state index in [-0.39, 0.29) is 21.4 Å². The van der Waals surface area contributed by atoms with Crippen LogP contribution in [-0.2, 0) is 14.8 Å². The zero-order valence-electron chi connectivity index (χ0n) is 19.3. The lowest BCUT2D eigenvalue weighted by Gasteiger charge is -2.25. The molecule has 0 saturated heterocycles. The van der Waals surface area contributed by atoms with E-state index < -0.39 is 28.3 Å². The molecule has 9 nitrogen and oxygen atoms in total. The quantitative estimate of drug-likeness (QED) is 0.462. The third-order valence-electron chi connectivity index (χ3n) is 5.25. The third-order valence-corrected chi connectivity index (χ3v) is 7.31. The first kappa shape index (κ1) is 25.4. The predicted octanol–water partition coefficient (Wildman–Crippen LogP) is 4.10. The summed E-state index contributed by atoms with van der Waals surface area (Å²) in [6.07, 6.45) is 0. The van der Waals surface area contributed by atoms with Crippen molar-refractivity contribution in [2.75, 3.05) is 43.6 Å². The zero-order valence-corrected chi connectivity index (χ0v) is 20.9. The topological polar surface area (TPSA) is 103 Å². The summed E-state index contributed by atoms with van der Waals surface area (Å²) >= 11 is 5.92. The van der Waals surface area contributed by atoms with Gasteiger partial charge in [-0.3, -0.25) is 9.10 Å². The Morgan fingerprint density at radius 2 is 1.72 bits per heavy atom. The lowest BCUT2D eigenvalue weighted by molar-refractivity contribution is -0.114. The van der Waals surface area contributed by atoms with E-state index in [0.29, 0.717) is 36.1 Å². The van der Waals surface area contributed by atoms with Crippen LogP contribution in [0.2, 0.25) is 5.02 Å². The van der Waals surface area contributed by atoms with Gasteiger partial charge in [-0.05, 0) is 42.5 Å². The van der Waals surface area contributed by atoms with Crippen LogP contribution in [0.15, 0.2) is 59.5 Å². The number of benzene rings is 3. The minimum atomic E-state index is -4.33. The van der Waals surface area contributed by atoms with E-state index in [0.717, 1.165) is 16.4 Å². The monoisotopic (exact) mass is 536 g/mol. The van der Waals surface area contributed by atoms with Crippen LogP contribution in [0, 0.1) is 5.82 Å². The number of halogens is 2. The van der Waals surface area contributed by atoms with Crippen molar-refractivity contribution in [1.82, 2.24) is 0 Å². The Balaban J connectivity index is 1.67. The summed E-state index contributed by atoms with van der Waals surface area (Å²) < 4.78 is 63.3. The lowest BCUT2D eigenvalue weighted by Crippen LogP contribution is -2.38. The minimum absolute atomic E-state index is 0.00601. The van der Waals surface area contributed by atoms with Gasteiger partial charge in [-0.15, -0.1) is 0 Å². The van der Waals surface area contributed by atoms with Crippen LogP contribution < -0.4 is 28.6 Å². The molecule has 0 aromatic heterocycles. The molecule has 1 aliphatic rings. The minimum Gasteiger partial charge on any atom is -0.493 e. The van der Waals surface area contributed by atoms with Crippen molar-refractivity contribution in [3.05, 3.63) is 65.4 Å². The second kappa shape index (κ2) is 10.5. The Morgan fingerprint density at radius 1 is 1.00 bits per heavy atom. The number of hydrogen-bond donors (Lipinski definition) is 1. The average molecular weight is 537 g/mol. The molecule has 3 aromatic carbocycles. The molecule has 12 heteroatoms. The van der Waals surface area contributed by atoms with Gasteiger partial charge in [0.2, 0.25) is 5.91 Å². The van der Waals surface area contributed by atoms with Gasteiger partial charge in [-0.2, -0.15) is 0 Å². The SMILES string of the molecule is COc1ccc(S(=O)(=O)N(CC(=O)Nc2ccc3c(c2)OCCO3)c2ccc(F)c(Cl)c2)cc1OC. The van der Waals surface area contributed by atoms with Gasteiger partial charge in [0, 0.05) is 17.8 Å². The number of amides is 1. The predicted molar refractivity (Wildman–Crippen MR) is 132 cm³/mol. The first-order chi connectivity index (χ1) is 17.2. The molecule has 0 spiro atoms. The highest BCUT2D eigenvalue weighted by atomic mass is 35.5. The number of rotatable bonds is 8. The average Bonchev–Trinajstić information content (AvgIpc) is 2.88. The molecule has 36 heavy (non-hydrogen) atoms. The maximum atomic E-state index is 13.8. The van der Waals surface area contributed by atoms with E-state index in [1.165, 1.54) is 38.5 Å². The van der Waals surface area contributed by atoms with Gasteiger partial charge in [0.1, 0.15) is 25.6 Å². The van der Waals surface area contributed by atoms with Gasteiger partial charge in [0.05, 0.1) is 29.8 Å². The first-order valence-corrected chi connectivity index (χ1v) is 12.4. The fourth-order valence-corrected chi connectivity index (χ4v) is 5.12. The van der Waals surface area contributed by atoms with Crippen molar-refractivity contribution in [2.24, 2.45) is 0 Å². The summed E-state index contributed by atoms with van der Waals surface area (Å²) in [5, 5.41) is 2.35. The summed E-state index contributed by atoms with van der Waals surface area (Å²) in [4.78, 5) is 12.8. The molecule has 190 valence electrons. The largest absolute Gasteiger partial charge is 0.493 e. The summed E-state index contributed by atoms with van der Waals surface area (Å²) in [5.41, 5.74) is 0.373. The number of fused-ring (bicyclic) bond motifs is 1. The van der Waals surface area contributed by atoms with Crippen LogP contribution >= 0.6 is 11.6 Å². The number of carbonyl (C=O) groups is 1. The van der Waals surface area contributed by atoms with E-state index in [1.807, 2.05) is 0 Å². The number of nitrogens with zero attached hydrogens (tertiary/aromatic N) is 1. The van der Waals surface area contributed by atoms with Crippen LogP contribution in [0.5, 0.6) is 23.0 Å². The molecule has 0 aliphatic carbocycles. The molecule has 0 radical (unpaired) electrons. The highest BCUT2D eigenvalue weighted by molar-refractivity contribution is 7.92. The smallest absolute Gasteiger partial charge is 0.264 e. The number of hydrogen-bond acceptors (Lipinski definition) is 7. The molecule has 0 unspecified atom stereocenters. The van der Waals surface area contributed by atoms with Crippen LogP contribution in [0.1, 0.15) is 0 Å². The van der Waals surface area contributed by atoms with Crippen molar-refractivity contribution in [1.29, 1.82) is 0 Å². The van der Waals surface area contributed by atoms with Crippen molar-refractivity contribution in [2.45, 2.75) is 4.90 Å². The second-order valence-corrected chi connectivity index (χ2v) is 9.80. The Kier molecular flexibility index (Phi) is 7.41. The van der Waals surface area contributed by atoms with Crippen molar-refractivity contribution in [3.8, 4) is 23.0 Å². The number of anilines is 2. The van der Waals surface area contributed by atoms with Gasteiger partial charge < -0.3 is 24.3 Å². The van der Waals surface area contributed by atoms with E-state index in [9.17, 15) is 17.6 Å².